The summed E-state index contributed by atoms with van der Waals surface area (Å²) in [7, 11) is 0. The lowest BCUT2D eigenvalue weighted by Gasteiger charge is -2.15. The third kappa shape index (κ3) is 1.41. The maximum atomic E-state index is 2.51. The van der Waals surface area contributed by atoms with E-state index in [1.54, 1.807) is 5.29 Å². The normalized spacial score (nSPS) is 24.3. The summed E-state index contributed by atoms with van der Waals surface area (Å²) in [5.41, 5.74) is 0. The Balaban J connectivity index is 2.85. The van der Waals surface area contributed by atoms with Crippen molar-refractivity contribution in [2.24, 2.45) is 0 Å². The molecule has 1 aliphatic rings. The Labute approximate surface area is 58.6 Å². The average molecular weight is 144 g/mol. The van der Waals surface area contributed by atoms with Gasteiger partial charge in [0.15, 0.2) is 0 Å². The van der Waals surface area contributed by atoms with Crippen molar-refractivity contribution in [1.29, 1.82) is 0 Å². The first-order valence-electron chi connectivity index (χ1n) is 3.80. The van der Waals surface area contributed by atoms with Gasteiger partial charge >= 0.3 is 0 Å². The molecule has 1 saturated heterocycles. The molecule has 0 aromatic heterocycles. The van der Waals surface area contributed by atoms with Crippen LogP contribution in [-0.4, -0.2) is 24.3 Å². The molecule has 9 heavy (non-hydrogen) atoms. The van der Waals surface area contributed by atoms with Crippen LogP contribution in [0.15, 0.2) is 0 Å². The second-order valence-corrected chi connectivity index (χ2v) is 8.08. The van der Waals surface area contributed by atoms with E-state index in [-0.39, 0.29) is 0 Å². The summed E-state index contributed by atoms with van der Waals surface area (Å²) < 4.78 is 0. The fraction of sp³-hybridized carbons (Fsp3) is 0.875. The molecule has 0 nitrogen and oxygen atoms in total. The highest BCUT2D eigenvalue weighted by Gasteiger charge is 2.17. The van der Waals surface area contributed by atoms with Crippen molar-refractivity contribution in [3.8, 4) is 0 Å². The third-order valence-electron chi connectivity index (χ3n) is 2.63. The van der Waals surface area contributed by atoms with Gasteiger partial charge in [-0.1, -0.05) is 5.29 Å². The predicted molar refractivity (Wildman–Crippen MR) is 48.2 cm³/mol. The minimum atomic E-state index is -0.475. The van der Waals surface area contributed by atoms with Crippen molar-refractivity contribution in [1.82, 2.24) is 0 Å². The van der Waals surface area contributed by atoms with Crippen LogP contribution in [0.2, 0.25) is 0 Å². The van der Waals surface area contributed by atoms with Crippen LogP contribution in [0, 0.1) is 0 Å². The lowest BCUT2D eigenvalue weighted by molar-refractivity contribution is 0.949. The highest BCUT2D eigenvalue weighted by molar-refractivity contribution is 7.75. The molecule has 0 aromatic rings. The van der Waals surface area contributed by atoms with Gasteiger partial charge in [0.25, 0.3) is 0 Å². The van der Waals surface area contributed by atoms with Gasteiger partial charge in [0.1, 0.15) is 0 Å². The van der Waals surface area contributed by atoms with Gasteiger partial charge in [-0.15, -0.1) is 6.89 Å². The average Bonchev–Trinajstić information content (AvgIpc) is 2.16. The van der Waals surface area contributed by atoms with Crippen LogP contribution in [0.25, 0.3) is 0 Å². The van der Waals surface area contributed by atoms with E-state index in [1.807, 2.05) is 0 Å². The van der Waals surface area contributed by atoms with Crippen molar-refractivity contribution in [3.63, 3.8) is 0 Å². The lowest BCUT2D eigenvalue weighted by atomic mass is 10.4. The van der Waals surface area contributed by atoms with Crippen LogP contribution in [0.4, 0.5) is 0 Å². The highest BCUT2D eigenvalue weighted by atomic mass is 31.2. The van der Waals surface area contributed by atoms with Crippen LogP contribution in [0.5, 0.6) is 0 Å². The fourth-order valence-electron chi connectivity index (χ4n) is 1.48. The molecule has 0 radical (unpaired) electrons. The molecule has 0 unspecified atom stereocenters. The monoisotopic (exact) mass is 144 g/mol. The second-order valence-electron chi connectivity index (χ2n) is 3.50. The summed E-state index contributed by atoms with van der Waals surface area (Å²) in [5, 5.41) is 1.74. The number of hydrogen-bond acceptors (Lipinski definition) is 0. The van der Waals surface area contributed by atoms with Crippen LogP contribution < -0.4 is 0 Å². The van der Waals surface area contributed by atoms with Crippen molar-refractivity contribution in [3.05, 3.63) is 0 Å². The summed E-state index contributed by atoms with van der Waals surface area (Å²) in [6.45, 7) is 6.67. The van der Waals surface area contributed by atoms with Crippen LogP contribution in [0.3, 0.4) is 0 Å². The zero-order chi connectivity index (χ0) is 6.91. The SMILES string of the molecule is CC(C)=P1(C)CCCC1. The Kier molecular flexibility index (Phi) is 2.06. The quantitative estimate of drug-likeness (QED) is 0.458. The molecule has 0 aromatic carbocycles. The molecule has 1 rings (SSSR count). The summed E-state index contributed by atoms with van der Waals surface area (Å²) in [6.07, 6.45) is 6.07. The van der Waals surface area contributed by atoms with Crippen molar-refractivity contribution < 1.29 is 0 Å². The number of rotatable bonds is 0. The van der Waals surface area contributed by atoms with Crippen molar-refractivity contribution in [2.45, 2.75) is 26.7 Å². The highest BCUT2D eigenvalue weighted by Crippen LogP contribution is 2.51. The zero-order valence-corrected chi connectivity index (χ0v) is 7.67. The van der Waals surface area contributed by atoms with E-state index >= 15 is 0 Å². The standard InChI is InChI=1S/C8H17P/c1-8(2)9(3)6-4-5-7-9/h4-7H2,1-3H3. The summed E-state index contributed by atoms with van der Waals surface area (Å²) in [5.74, 6) is 0. The van der Waals surface area contributed by atoms with E-state index in [0.717, 1.165) is 0 Å². The molecule has 0 bridgehead atoms. The fourth-order valence-corrected chi connectivity index (χ4v) is 4.44. The van der Waals surface area contributed by atoms with Gasteiger partial charge in [0, 0.05) is 0 Å². The molecule has 0 amide bonds. The molecule has 54 valence electrons. The Hall–Kier alpha value is 0.300. The smallest absolute Gasteiger partial charge is 0.0330 e. The molecule has 0 spiro atoms. The largest absolute Gasteiger partial charge is 0.109 e. The van der Waals surface area contributed by atoms with Gasteiger partial charge in [-0.25, -0.2) is 0 Å². The summed E-state index contributed by atoms with van der Waals surface area (Å²) in [4.78, 5) is 0. The zero-order valence-electron chi connectivity index (χ0n) is 6.78. The Bertz CT molecular complexity index is 142. The Morgan fingerprint density at radius 3 is 1.78 bits per heavy atom. The first-order valence-corrected chi connectivity index (χ1v) is 6.41. The second kappa shape index (κ2) is 2.50. The Morgan fingerprint density at radius 1 is 1.11 bits per heavy atom. The molecule has 1 heterocycles. The first kappa shape index (κ1) is 7.41. The van der Waals surface area contributed by atoms with Gasteiger partial charge in [-0.2, -0.15) is 0 Å². The van der Waals surface area contributed by atoms with Gasteiger partial charge in [0.2, 0.25) is 0 Å². The van der Waals surface area contributed by atoms with Gasteiger partial charge in [0.05, 0.1) is 0 Å². The van der Waals surface area contributed by atoms with E-state index < -0.39 is 6.89 Å². The minimum absolute atomic E-state index is 0.475. The van der Waals surface area contributed by atoms with Gasteiger partial charge < -0.3 is 0 Å². The molecule has 0 aliphatic carbocycles. The summed E-state index contributed by atoms with van der Waals surface area (Å²) >= 11 is 0. The maximum absolute atomic E-state index is 2.51. The molecule has 1 fully saturated rings. The lowest BCUT2D eigenvalue weighted by Crippen LogP contribution is -1.91. The molecule has 1 aliphatic heterocycles. The first-order chi connectivity index (χ1) is 4.15. The van der Waals surface area contributed by atoms with E-state index in [0.29, 0.717) is 0 Å². The Morgan fingerprint density at radius 2 is 1.56 bits per heavy atom. The third-order valence-corrected chi connectivity index (χ3v) is 7.40. The molecular weight excluding hydrogens is 127 g/mol. The minimum Gasteiger partial charge on any atom is -0.109 e. The van der Waals surface area contributed by atoms with Crippen LogP contribution >= 0.6 is 6.89 Å². The van der Waals surface area contributed by atoms with E-state index in [9.17, 15) is 0 Å². The molecular formula is C8H17P. The van der Waals surface area contributed by atoms with Gasteiger partial charge in [-0.3, -0.25) is 0 Å². The van der Waals surface area contributed by atoms with Crippen LogP contribution in [0.1, 0.15) is 26.7 Å². The van der Waals surface area contributed by atoms with E-state index in [2.05, 4.69) is 20.5 Å². The van der Waals surface area contributed by atoms with E-state index in [1.165, 1.54) is 25.2 Å². The molecule has 0 saturated carbocycles. The predicted octanol–water partition coefficient (Wildman–Crippen LogP) is 2.64. The van der Waals surface area contributed by atoms with Gasteiger partial charge in [-0.05, 0) is 45.7 Å². The summed E-state index contributed by atoms with van der Waals surface area (Å²) in [6, 6.07) is 0. The number of hydrogen-bond donors (Lipinski definition) is 0. The molecule has 0 atom stereocenters. The molecule has 1 heteroatoms. The topological polar surface area (TPSA) is 0 Å². The van der Waals surface area contributed by atoms with E-state index in [4.69, 9.17) is 0 Å². The maximum Gasteiger partial charge on any atom is -0.0330 e. The van der Waals surface area contributed by atoms with Crippen LogP contribution in [-0.2, 0) is 0 Å². The van der Waals surface area contributed by atoms with Crippen molar-refractivity contribution in [2.75, 3.05) is 19.0 Å². The molecule has 0 N–H and O–H groups in total. The van der Waals surface area contributed by atoms with Crippen molar-refractivity contribution >= 4 is 12.2 Å².